The summed E-state index contributed by atoms with van der Waals surface area (Å²) in [4.78, 5) is 28.2. The number of carbonyl (C=O) groups excluding carboxylic acids is 2. The summed E-state index contributed by atoms with van der Waals surface area (Å²) in [5.74, 6) is 0.527. The van der Waals surface area contributed by atoms with Crippen LogP contribution >= 0.6 is 11.6 Å². The van der Waals surface area contributed by atoms with E-state index in [-0.39, 0.29) is 23.8 Å². The quantitative estimate of drug-likeness (QED) is 0.580. The number of anilines is 2. The first-order chi connectivity index (χ1) is 15.6. The molecule has 7 nitrogen and oxygen atoms in total. The Morgan fingerprint density at radius 3 is 2.50 bits per heavy atom. The zero-order chi connectivity index (χ0) is 22.2. The lowest BCUT2D eigenvalue weighted by atomic mass is 10.0. The van der Waals surface area contributed by atoms with Gasteiger partial charge in [0.05, 0.1) is 18.4 Å². The summed E-state index contributed by atoms with van der Waals surface area (Å²) >= 11 is 6.16. The molecule has 2 heterocycles. The van der Waals surface area contributed by atoms with E-state index in [9.17, 15) is 9.59 Å². The number of imide groups is 1. The molecule has 3 aromatic carbocycles. The fourth-order valence-electron chi connectivity index (χ4n) is 3.69. The normalized spacial score (nSPS) is 14.9. The van der Waals surface area contributed by atoms with Crippen molar-refractivity contribution < 1.29 is 23.8 Å². The average molecular weight is 449 g/mol. The molecule has 0 unspecified atom stereocenters. The number of nitrogens with one attached hydrogen (secondary N) is 1. The van der Waals surface area contributed by atoms with Crippen molar-refractivity contribution in [1.29, 1.82) is 0 Å². The third-order valence-electron chi connectivity index (χ3n) is 5.17. The Kier molecular flexibility index (Phi) is 4.95. The van der Waals surface area contributed by atoms with Gasteiger partial charge in [0.15, 0.2) is 11.5 Å². The zero-order valence-electron chi connectivity index (χ0n) is 16.9. The van der Waals surface area contributed by atoms with Crippen LogP contribution in [0.25, 0.3) is 5.57 Å². The Bertz CT molecular complexity index is 1270. The number of hydrogen-bond acceptors (Lipinski definition) is 6. The number of hydrogen-bond donors (Lipinski definition) is 1. The Morgan fingerprint density at radius 1 is 0.938 bits per heavy atom. The maximum Gasteiger partial charge on any atom is 0.282 e. The fourth-order valence-corrected chi connectivity index (χ4v) is 3.86. The van der Waals surface area contributed by atoms with Crippen LogP contribution in [-0.2, 0) is 9.59 Å². The lowest BCUT2D eigenvalue weighted by molar-refractivity contribution is -0.120. The SMILES string of the molecule is COc1ccc(Cl)cc1N1C(=O)C(Nc2ccc3c(c2)OCO3)=C(c2ccccc2)C1=O. The number of carbonyl (C=O) groups is 2. The molecular weight excluding hydrogens is 432 g/mol. The molecule has 2 aliphatic rings. The molecule has 0 aliphatic carbocycles. The Hall–Kier alpha value is -3.97. The summed E-state index contributed by atoms with van der Waals surface area (Å²) in [6.07, 6.45) is 0. The highest BCUT2D eigenvalue weighted by Gasteiger charge is 2.41. The van der Waals surface area contributed by atoms with Gasteiger partial charge in [-0.15, -0.1) is 0 Å². The molecule has 1 N–H and O–H groups in total. The number of amides is 2. The van der Waals surface area contributed by atoms with E-state index in [1.165, 1.54) is 13.2 Å². The number of nitrogens with zero attached hydrogens (tertiary/aromatic N) is 1. The first-order valence-electron chi connectivity index (χ1n) is 9.75. The van der Waals surface area contributed by atoms with Gasteiger partial charge in [0, 0.05) is 16.8 Å². The first kappa shape index (κ1) is 20.0. The third-order valence-corrected chi connectivity index (χ3v) is 5.41. The topological polar surface area (TPSA) is 77.1 Å². The predicted molar refractivity (Wildman–Crippen MR) is 120 cm³/mol. The molecule has 32 heavy (non-hydrogen) atoms. The maximum atomic E-state index is 13.5. The van der Waals surface area contributed by atoms with Gasteiger partial charge >= 0.3 is 0 Å². The van der Waals surface area contributed by atoms with E-state index in [0.29, 0.717) is 33.5 Å². The third kappa shape index (κ3) is 3.33. The summed E-state index contributed by atoms with van der Waals surface area (Å²) in [5, 5.41) is 3.48. The maximum absolute atomic E-state index is 13.5. The highest BCUT2D eigenvalue weighted by atomic mass is 35.5. The largest absolute Gasteiger partial charge is 0.495 e. The van der Waals surface area contributed by atoms with Crippen molar-refractivity contribution in [3.8, 4) is 17.2 Å². The van der Waals surface area contributed by atoms with Crippen molar-refractivity contribution in [3.05, 3.63) is 83.0 Å². The monoisotopic (exact) mass is 448 g/mol. The van der Waals surface area contributed by atoms with Crippen LogP contribution in [0, 0.1) is 0 Å². The molecule has 0 fully saturated rings. The van der Waals surface area contributed by atoms with Gasteiger partial charge in [-0.25, -0.2) is 4.90 Å². The fraction of sp³-hybridized carbons (Fsp3) is 0.0833. The van der Waals surface area contributed by atoms with Crippen LogP contribution in [0.3, 0.4) is 0 Å². The summed E-state index contributed by atoms with van der Waals surface area (Å²) in [5.41, 5.74) is 1.85. The average Bonchev–Trinajstić information content (AvgIpc) is 3.36. The van der Waals surface area contributed by atoms with E-state index in [1.807, 2.05) is 6.07 Å². The molecule has 0 bridgehead atoms. The lowest BCUT2D eigenvalue weighted by Gasteiger charge is -2.18. The predicted octanol–water partition coefficient (Wildman–Crippen LogP) is 4.47. The smallest absolute Gasteiger partial charge is 0.282 e. The molecule has 0 saturated carbocycles. The van der Waals surface area contributed by atoms with Gasteiger partial charge < -0.3 is 19.5 Å². The van der Waals surface area contributed by atoms with E-state index < -0.39 is 11.8 Å². The van der Waals surface area contributed by atoms with E-state index in [4.69, 9.17) is 25.8 Å². The minimum atomic E-state index is -0.521. The van der Waals surface area contributed by atoms with Crippen LogP contribution in [-0.4, -0.2) is 25.7 Å². The van der Waals surface area contributed by atoms with Gasteiger partial charge in [-0.1, -0.05) is 41.9 Å². The summed E-state index contributed by atoms with van der Waals surface area (Å²) < 4.78 is 16.2. The minimum absolute atomic E-state index is 0.135. The summed E-state index contributed by atoms with van der Waals surface area (Å²) in [7, 11) is 1.47. The van der Waals surface area contributed by atoms with E-state index in [1.54, 1.807) is 54.6 Å². The zero-order valence-corrected chi connectivity index (χ0v) is 17.7. The second-order valence-corrected chi connectivity index (χ2v) is 7.51. The summed E-state index contributed by atoms with van der Waals surface area (Å²) in [6, 6.07) is 19.0. The molecule has 3 aromatic rings. The highest BCUT2D eigenvalue weighted by molar-refractivity contribution is 6.46. The van der Waals surface area contributed by atoms with Gasteiger partial charge in [0.25, 0.3) is 11.8 Å². The van der Waals surface area contributed by atoms with E-state index >= 15 is 0 Å². The van der Waals surface area contributed by atoms with Gasteiger partial charge in [0.2, 0.25) is 6.79 Å². The van der Waals surface area contributed by atoms with Gasteiger partial charge in [-0.3, -0.25) is 9.59 Å². The van der Waals surface area contributed by atoms with Crippen molar-refractivity contribution in [3.63, 3.8) is 0 Å². The number of benzene rings is 3. The Morgan fingerprint density at radius 2 is 1.72 bits per heavy atom. The molecule has 5 rings (SSSR count). The Balaban J connectivity index is 1.61. The first-order valence-corrected chi connectivity index (χ1v) is 10.1. The number of ether oxygens (including phenoxy) is 3. The van der Waals surface area contributed by atoms with Gasteiger partial charge in [-0.2, -0.15) is 0 Å². The number of halogens is 1. The molecule has 0 radical (unpaired) electrons. The standard InChI is InChI=1S/C24H17ClN2O5/c1-30-18-9-7-15(25)11-17(18)27-23(28)21(14-5-3-2-4-6-14)22(24(27)29)26-16-8-10-19-20(12-16)32-13-31-19/h2-12,26H,13H2,1H3. The van der Waals surface area contributed by atoms with Crippen molar-refractivity contribution in [1.82, 2.24) is 0 Å². The molecule has 2 aliphatic heterocycles. The molecule has 0 spiro atoms. The van der Waals surface area contributed by atoms with E-state index in [0.717, 1.165) is 4.90 Å². The van der Waals surface area contributed by atoms with Crippen molar-refractivity contribution in [2.24, 2.45) is 0 Å². The molecule has 0 atom stereocenters. The molecule has 160 valence electrons. The van der Waals surface area contributed by atoms with Gasteiger partial charge in [-0.05, 0) is 35.9 Å². The lowest BCUT2D eigenvalue weighted by Crippen LogP contribution is -2.32. The van der Waals surface area contributed by atoms with Crippen LogP contribution in [0.5, 0.6) is 17.2 Å². The Labute approximate surface area is 188 Å². The molecule has 8 heteroatoms. The molecular formula is C24H17ClN2O5. The second kappa shape index (κ2) is 7.94. The van der Waals surface area contributed by atoms with Crippen LogP contribution < -0.4 is 24.4 Å². The van der Waals surface area contributed by atoms with Gasteiger partial charge in [0.1, 0.15) is 11.4 Å². The highest BCUT2D eigenvalue weighted by Crippen LogP contribution is 2.40. The van der Waals surface area contributed by atoms with Crippen molar-refractivity contribution >= 4 is 40.4 Å². The minimum Gasteiger partial charge on any atom is -0.495 e. The number of fused-ring (bicyclic) bond motifs is 1. The number of rotatable bonds is 5. The van der Waals surface area contributed by atoms with Crippen molar-refractivity contribution in [2.45, 2.75) is 0 Å². The molecule has 0 saturated heterocycles. The van der Waals surface area contributed by atoms with Crippen LogP contribution in [0.15, 0.2) is 72.4 Å². The summed E-state index contributed by atoms with van der Waals surface area (Å²) in [6.45, 7) is 0.135. The van der Waals surface area contributed by atoms with Crippen LogP contribution in [0.4, 0.5) is 11.4 Å². The van der Waals surface area contributed by atoms with Crippen LogP contribution in [0.1, 0.15) is 5.56 Å². The van der Waals surface area contributed by atoms with E-state index in [2.05, 4.69) is 5.32 Å². The second-order valence-electron chi connectivity index (χ2n) is 7.07. The van der Waals surface area contributed by atoms with Crippen molar-refractivity contribution in [2.75, 3.05) is 24.1 Å². The number of methoxy groups -OCH3 is 1. The molecule has 2 amide bonds. The van der Waals surface area contributed by atoms with Crippen LogP contribution in [0.2, 0.25) is 5.02 Å². The molecule has 0 aromatic heterocycles.